The van der Waals surface area contributed by atoms with E-state index in [2.05, 4.69) is 20.9 Å². The summed E-state index contributed by atoms with van der Waals surface area (Å²) in [6.45, 7) is 4.03. The molecule has 10 nitrogen and oxygen atoms in total. The van der Waals surface area contributed by atoms with E-state index < -0.39 is 23.9 Å². The molecular formula is C36H37N5O5. The van der Waals surface area contributed by atoms with Crippen molar-refractivity contribution in [1.29, 1.82) is 0 Å². The SMILES string of the molecule is Cc1ccc(C(CC(=O)O)NC(=O)c2ccc(N3CCN(C(=O)Cc4ccccc4)CC3)c(NC(=O)Nc3ccccc3)c2)cc1. The van der Waals surface area contributed by atoms with Crippen LogP contribution >= 0.6 is 0 Å². The van der Waals surface area contributed by atoms with Crippen molar-refractivity contribution < 1.29 is 24.3 Å². The summed E-state index contributed by atoms with van der Waals surface area (Å²) in [4.78, 5) is 55.0. The van der Waals surface area contributed by atoms with Gasteiger partial charge in [0.25, 0.3) is 5.91 Å². The van der Waals surface area contributed by atoms with Crippen molar-refractivity contribution in [3.63, 3.8) is 0 Å². The van der Waals surface area contributed by atoms with Gasteiger partial charge in [-0.2, -0.15) is 0 Å². The van der Waals surface area contributed by atoms with Crippen LogP contribution in [0.4, 0.5) is 21.9 Å². The minimum absolute atomic E-state index is 0.0583. The fourth-order valence-corrected chi connectivity index (χ4v) is 5.41. The van der Waals surface area contributed by atoms with E-state index >= 15 is 0 Å². The zero-order valence-corrected chi connectivity index (χ0v) is 25.6. The number of piperazine rings is 1. The molecule has 46 heavy (non-hydrogen) atoms. The summed E-state index contributed by atoms with van der Waals surface area (Å²) in [5, 5.41) is 18.1. The van der Waals surface area contributed by atoms with Gasteiger partial charge in [0.2, 0.25) is 5.91 Å². The zero-order valence-electron chi connectivity index (χ0n) is 25.6. The van der Waals surface area contributed by atoms with E-state index in [1.165, 1.54) is 0 Å². The van der Waals surface area contributed by atoms with E-state index in [1.54, 1.807) is 42.5 Å². The van der Waals surface area contributed by atoms with Crippen LogP contribution in [0.3, 0.4) is 0 Å². The summed E-state index contributed by atoms with van der Waals surface area (Å²) < 4.78 is 0. The molecule has 1 atom stereocenters. The summed E-state index contributed by atoms with van der Waals surface area (Å²) in [5.74, 6) is -1.45. The molecule has 1 heterocycles. The van der Waals surface area contributed by atoms with Crippen LogP contribution in [0.1, 0.15) is 39.5 Å². The van der Waals surface area contributed by atoms with E-state index in [1.807, 2.05) is 72.5 Å². The highest BCUT2D eigenvalue weighted by Crippen LogP contribution is 2.29. The number of rotatable bonds is 10. The maximum Gasteiger partial charge on any atom is 0.323 e. The van der Waals surface area contributed by atoms with Crippen LogP contribution in [0.5, 0.6) is 0 Å². The molecule has 4 aromatic rings. The molecular weight excluding hydrogens is 582 g/mol. The van der Waals surface area contributed by atoms with Crippen molar-refractivity contribution in [2.24, 2.45) is 0 Å². The predicted molar refractivity (Wildman–Crippen MR) is 178 cm³/mol. The summed E-state index contributed by atoms with van der Waals surface area (Å²) >= 11 is 0. The summed E-state index contributed by atoms with van der Waals surface area (Å²) in [7, 11) is 0. The highest BCUT2D eigenvalue weighted by Gasteiger charge is 2.25. The van der Waals surface area contributed by atoms with Gasteiger partial charge in [0, 0.05) is 37.4 Å². The fraction of sp³-hybridized carbons (Fsp3) is 0.222. The van der Waals surface area contributed by atoms with Gasteiger partial charge in [0.05, 0.1) is 30.3 Å². The van der Waals surface area contributed by atoms with Crippen LogP contribution in [-0.4, -0.2) is 60.0 Å². The smallest absolute Gasteiger partial charge is 0.323 e. The Morgan fingerprint density at radius 3 is 2.09 bits per heavy atom. The molecule has 10 heteroatoms. The number of carboxylic acids is 1. The second-order valence-corrected chi connectivity index (χ2v) is 11.2. The van der Waals surface area contributed by atoms with Crippen molar-refractivity contribution in [3.05, 3.63) is 125 Å². The zero-order chi connectivity index (χ0) is 32.5. The molecule has 4 amide bonds. The van der Waals surface area contributed by atoms with Crippen molar-refractivity contribution >= 4 is 40.9 Å². The number of anilines is 3. The normalized spacial score (nSPS) is 13.4. The van der Waals surface area contributed by atoms with Gasteiger partial charge in [-0.1, -0.05) is 78.4 Å². The average Bonchev–Trinajstić information content (AvgIpc) is 3.05. The molecule has 0 saturated carbocycles. The molecule has 1 aliphatic heterocycles. The number of urea groups is 1. The highest BCUT2D eigenvalue weighted by atomic mass is 16.4. The standard InChI is InChI=1S/C36H37N5O5/c1-25-12-14-27(15-13-25)30(24-34(43)44)38-35(45)28-16-17-32(31(23-28)39-36(46)37-29-10-6-3-7-11-29)40-18-20-41(21-19-40)33(42)22-26-8-4-2-5-9-26/h2-17,23,30H,18-22,24H2,1H3,(H,38,45)(H,43,44)(H2,37,39,46). The van der Waals surface area contributed by atoms with Gasteiger partial charge in [-0.3, -0.25) is 14.4 Å². The number of carbonyl (C=O) groups is 4. The molecule has 236 valence electrons. The van der Waals surface area contributed by atoms with E-state index in [4.69, 9.17) is 0 Å². The summed E-state index contributed by atoms with van der Waals surface area (Å²) in [6.07, 6.45) is 0.0489. The predicted octanol–water partition coefficient (Wildman–Crippen LogP) is 5.48. The second kappa shape index (κ2) is 14.9. The lowest BCUT2D eigenvalue weighted by atomic mass is 10.0. The molecule has 1 saturated heterocycles. The number of hydrogen-bond donors (Lipinski definition) is 4. The number of carbonyl (C=O) groups excluding carboxylic acids is 3. The van der Waals surface area contributed by atoms with E-state index in [0.717, 1.165) is 11.1 Å². The number of nitrogens with zero attached hydrogens (tertiary/aromatic N) is 2. The lowest BCUT2D eigenvalue weighted by Crippen LogP contribution is -2.49. The molecule has 0 aromatic heterocycles. The van der Waals surface area contributed by atoms with Gasteiger partial charge < -0.3 is 30.9 Å². The third kappa shape index (κ3) is 8.50. The molecule has 0 radical (unpaired) electrons. The van der Waals surface area contributed by atoms with Gasteiger partial charge in [-0.25, -0.2) is 4.79 Å². The van der Waals surface area contributed by atoms with Crippen molar-refractivity contribution in [1.82, 2.24) is 10.2 Å². The van der Waals surface area contributed by atoms with Crippen molar-refractivity contribution in [3.8, 4) is 0 Å². The Balaban J connectivity index is 1.34. The molecule has 0 spiro atoms. The minimum atomic E-state index is -1.04. The number of carboxylic acid groups (broad SMARTS) is 1. The van der Waals surface area contributed by atoms with E-state index in [0.29, 0.717) is 55.2 Å². The maximum absolute atomic E-state index is 13.5. The number of amides is 4. The average molecular weight is 620 g/mol. The van der Waals surface area contributed by atoms with Gasteiger partial charge in [-0.05, 0) is 48.4 Å². The Kier molecular flexibility index (Phi) is 10.3. The first-order valence-corrected chi connectivity index (χ1v) is 15.2. The number of nitrogens with one attached hydrogen (secondary N) is 3. The lowest BCUT2D eigenvalue weighted by Gasteiger charge is -2.37. The summed E-state index contributed by atoms with van der Waals surface area (Å²) in [5.41, 5.74) is 4.65. The van der Waals surface area contributed by atoms with E-state index in [9.17, 15) is 24.3 Å². The maximum atomic E-state index is 13.5. The second-order valence-electron chi connectivity index (χ2n) is 11.2. The van der Waals surface area contributed by atoms with Crippen molar-refractivity contribution in [2.75, 3.05) is 41.7 Å². The quantitative estimate of drug-likeness (QED) is 0.186. The first kappa shape index (κ1) is 31.8. The molecule has 1 fully saturated rings. The first-order chi connectivity index (χ1) is 22.2. The molecule has 0 aliphatic carbocycles. The van der Waals surface area contributed by atoms with Crippen molar-refractivity contribution in [2.45, 2.75) is 25.8 Å². The lowest BCUT2D eigenvalue weighted by molar-refractivity contribution is -0.137. The Morgan fingerprint density at radius 1 is 0.783 bits per heavy atom. The van der Waals surface area contributed by atoms with Crippen LogP contribution in [0.25, 0.3) is 0 Å². The minimum Gasteiger partial charge on any atom is -0.481 e. The van der Waals surface area contributed by atoms with Gasteiger partial charge in [0.1, 0.15) is 0 Å². The van der Waals surface area contributed by atoms with Gasteiger partial charge in [0.15, 0.2) is 0 Å². The number of aryl methyl sites for hydroxylation is 1. The molecule has 1 unspecified atom stereocenters. The van der Waals surface area contributed by atoms with Crippen LogP contribution in [0, 0.1) is 6.92 Å². The molecule has 0 bridgehead atoms. The van der Waals surface area contributed by atoms with Gasteiger partial charge >= 0.3 is 12.0 Å². The molecule has 4 N–H and O–H groups in total. The molecule has 4 aromatic carbocycles. The monoisotopic (exact) mass is 619 g/mol. The van der Waals surface area contributed by atoms with Crippen LogP contribution in [0.15, 0.2) is 103 Å². The molecule has 5 rings (SSSR count). The van der Waals surface area contributed by atoms with Crippen LogP contribution in [0.2, 0.25) is 0 Å². The first-order valence-electron chi connectivity index (χ1n) is 15.2. The third-order valence-corrected chi connectivity index (χ3v) is 7.87. The van der Waals surface area contributed by atoms with Crippen LogP contribution < -0.4 is 20.9 Å². The number of para-hydroxylation sites is 1. The number of benzene rings is 4. The third-order valence-electron chi connectivity index (χ3n) is 7.87. The van der Waals surface area contributed by atoms with E-state index in [-0.39, 0.29) is 17.9 Å². The Hall–Kier alpha value is -5.64. The Morgan fingerprint density at radius 2 is 1.43 bits per heavy atom. The van der Waals surface area contributed by atoms with Crippen LogP contribution in [-0.2, 0) is 16.0 Å². The highest BCUT2D eigenvalue weighted by molar-refractivity contribution is 6.04. The Labute approximate surface area is 268 Å². The molecule has 1 aliphatic rings. The largest absolute Gasteiger partial charge is 0.481 e. The number of hydrogen-bond acceptors (Lipinski definition) is 5. The van der Waals surface area contributed by atoms with Gasteiger partial charge in [-0.15, -0.1) is 0 Å². The number of aliphatic carboxylic acids is 1. The summed E-state index contributed by atoms with van der Waals surface area (Å²) in [6, 6.07) is 29.8. The fourth-order valence-electron chi connectivity index (χ4n) is 5.41. The Bertz CT molecular complexity index is 1670. The topological polar surface area (TPSA) is 131 Å².